The summed E-state index contributed by atoms with van der Waals surface area (Å²) in [7, 11) is 0. The van der Waals surface area contributed by atoms with E-state index in [1.807, 2.05) is 6.26 Å². The molecule has 0 unspecified atom stereocenters. The minimum Gasteiger partial charge on any atom is -0.368 e. The van der Waals surface area contributed by atoms with Crippen molar-refractivity contribution in [3.63, 3.8) is 0 Å². The summed E-state index contributed by atoms with van der Waals surface area (Å²) in [6, 6.07) is 6.35. The summed E-state index contributed by atoms with van der Waals surface area (Å²) in [5.74, 6) is -0.153. The number of aromatic nitrogens is 1. The largest absolute Gasteiger partial charge is 0.368 e. The van der Waals surface area contributed by atoms with Gasteiger partial charge in [-0.1, -0.05) is 5.16 Å². The number of thioether (sulfide) groups is 1. The molecule has 0 aliphatic heterocycles. The summed E-state index contributed by atoms with van der Waals surface area (Å²) in [5, 5.41) is 3.67. The van der Waals surface area contributed by atoms with Crippen LogP contribution < -0.4 is 5.73 Å². The van der Waals surface area contributed by atoms with E-state index in [2.05, 4.69) is 5.16 Å². The topological polar surface area (TPSA) is 52.0 Å². The van der Waals surface area contributed by atoms with Crippen LogP contribution in [0.4, 0.5) is 10.3 Å². The molecular formula is C10H9FN2OS. The Morgan fingerprint density at radius 3 is 2.80 bits per heavy atom. The minimum absolute atomic E-state index is 0.180. The molecule has 0 amide bonds. The molecule has 5 heteroatoms. The van der Waals surface area contributed by atoms with Gasteiger partial charge in [-0.05, 0) is 24.5 Å². The molecule has 0 spiro atoms. The second-order valence-corrected chi connectivity index (χ2v) is 3.84. The zero-order valence-electron chi connectivity index (χ0n) is 8.03. The summed E-state index contributed by atoms with van der Waals surface area (Å²) in [6.07, 6.45) is 1.92. The fraction of sp³-hybridized carbons (Fsp3) is 0.100. The molecular weight excluding hydrogens is 215 g/mol. The lowest BCUT2D eigenvalue weighted by Crippen LogP contribution is -1.85. The van der Waals surface area contributed by atoms with Crippen LogP contribution in [0.2, 0.25) is 0 Å². The number of nitrogen functional groups attached to an aromatic ring is 1. The van der Waals surface area contributed by atoms with E-state index >= 15 is 0 Å². The molecule has 0 fully saturated rings. The maximum absolute atomic E-state index is 13.5. The third-order valence-electron chi connectivity index (χ3n) is 1.98. The lowest BCUT2D eigenvalue weighted by atomic mass is 10.1. The Morgan fingerprint density at radius 2 is 2.20 bits per heavy atom. The van der Waals surface area contributed by atoms with Gasteiger partial charge < -0.3 is 10.3 Å². The number of hydrogen-bond donors (Lipinski definition) is 1. The Labute approximate surface area is 90.4 Å². The first-order valence-electron chi connectivity index (χ1n) is 4.27. The van der Waals surface area contributed by atoms with E-state index in [9.17, 15) is 4.39 Å². The van der Waals surface area contributed by atoms with Crippen LogP contribution in [0.3, 0.4) is 0 Å². The average molecular weight is 224 g/mol. The molecule has 0 radical (unpaired) electrons. The second-order valence-electron chi connectivity index (χ2n) is 2.96. The lowest BCUT2D eigenvalue weighted by molar-refractivity contribution is 0.438. The van der Waals surface area contributed by atoms with Crippen LogP contribution in [0.5, 0.6) is 0 Å². The minimum atomic E-state index is -0.332. The number of halogens is 1. The molecule has 3 nitrogen and oxygen atoms in total. The van der Waals surface area contributed by atoms with Gasteiger partial charge in [0.25, 0.3) is 0 Å². The van der Waals surface area contributed by atoms with E-state index in [1.54, 1.807) is 12.1 Å². The van der Waals surface area contributed by atoms with Gasteiger partial charge in [0.05, 0.1) is 0 Å². The third-order valence-corrected chi connectivity index (χ3v) is 2.70. The van der Waals surface area contributed by atoms with Crippen molar-refractivity contribution in [2.24, 2.45) is 0 Å². The highest BCUT2D eigenvalue weighted by Gasteiger charge is 2.10. The normalized spacial score (nSPS) is 10.5. The highest BCUT2D eigenvalue weighted by Crippen LogP contribution is 2.27. The van der Waals surface area contributed by atoms with Gasteiger partial charge in [0.15, 0.2) is 0 Å². The number of nitrogens with zero attached hydrogens (tertiary/aromatic N) is 1. The monoisotopic (exact) mass is 224 g/mol. The van der Waals surface area contributed by atoms with Gasteiger partial charge >= 0.3 is 0 Å². The summed E-state index contributed by atoms with van der Waals surface area (Å²) in [6.45, 7) is 0. The molecule has 1 heterocycles. The zero-order chi connectivity index (χ0) is 10.8. The maximum atomic E-state index is 13.5. The SMILES string of the molecule is CSc1ccc(F)c(-c2cc(N)on2)c1. The van der Waals surface area contributed by atoms with Crippen molar-refractivity contribution in [3.8, 4) is 11.3 Å². The van der Waals surface area contributed by atoms with E-state index in [0.717, 1.165) is 4.90 Å². The van der Waals surface area contributed by atoms with E-state index in [0.29, 0.717) is 11.3 Å². The Bertz CT molecular complexity index is 484. The van der Waals surface area contributed by atoms with Crippen molar-refractivity contribution in [2.45, 2.75) is 4.90 Å². The fourth-order valence-electron chi connectivity index (χ4n) is 1.24. The molecule has 78 valence electrons. The van der Waals surface area contributed by atoms with Crippen LogP contribution in [0.1, 0.15) is 0 Å². The Morgan fingerprint density at radius 1 is 1.40 bits per heavy atom. The number of hydrogen-bond acceptors (Lipinski definition) is 4. The van der Waals surface area contributed by atoms with Gasteiger partial charge in [0.1, 0.15) is 11.5 Å². The van der Waals surface area contributed by atoms with Crippen LogP contribution >= 0.6 is 11.8 Å². The third kappa shape index (κ3) is 1.97. The van der Waals surface area contributed by atoms with Gasteiger partial charge in [-0.3, -0.25) is 0 Å². The first kappa shape index (κ1) is 10.0. The van der Waals surface area contributed by atoms with Crippen molar-refractivity contribution in [1.29, 1.82) is 0 Å². The summed E-state index contributed by atoms with van der Waals surface area (Å²) < 4.78 is 18.2. The van der Waals surface area contributed by atoms with Crippen molar-refractivity contribution in [2.75, 3.05) is 12.0 Å². The van der Waals surface area contributed by atoms with Crippen LogP contribution in [0.25, 0.3) is 11.3 Å². The van der Waals surface area contributed by atoms with Crippen LogP contribution in [0, 0.1) is 5.82 Å². The van der Waals surface area contributed by atoms with Crippen LogP contribution in [-0.4, -0.2) is 11.4 Å². The molecule has 0 atom stereocenters. The van der Waals surface area contributed by atoms with E-state index in [1.165, 1.54) is 23.9 Å². The standard InChI is InChI=1S/C10H9FN2OS/c1-15-6-2-3-8(11)7(4-6)9-5-10(12)14-13-9/h2-5H,12H2,1H3. The van der Waals surface area contributed by atoms with Gasteiger partial charge in [-0.25, -0.2) is 4.39 Å². The van der Waals surface area contributed by atoms with Gasteiger partial charge in [-0.2, -0.15) is 0 Å². The van der Waals surface area contributed by atoms with Gasteiger partial charge in [-0.15, -0.1) is 11.8 Å². The molecule has 0 aliphatic rings. The molecule has 2 rings (SSSR count). The second kappa shape index (κ2) is 3.94. The van der Waals surface area contributed by atoms with Crippen molar-refractivity contribution in [3.05, 3.63) is 30.1 Å². The maximum Gasteiger partial charge on any atom is 0.222 e. The quantitative estimate of drug-likeness (QED) is 0.797. The first-order valence-corrected chi connectivity index (χ1v) is 5.49. The molecule has 2 N–H and O–H groups in total. The molecule has 15 heavy (non-hydrogen) atoms. The van der Waals surface area contributed by atoms with E-state index in [-0.39, 0.29) is 11.7 Å². The lowest BCUT2D eigenvalue weighted by Gasteiger charge is -2.01. The predicted molar refractivity (Wildman–Crippen MR) is 58.1 cm³/mol. The van der Waals surface area contributed by atoms with Crippen LogP contribution in [0.15, 0.2) is 33.7 Å². The fourth-order valence-corrected chi connectivity index (χ4v) is 1.68. The van der Waals surface area contributed by atoms with Crippen molar-refractivity contribution < 1.29 is 8.91 Å². The van der Waals surface area contributed by atoms with Crippen molar-refractivity contribution >= 4 is 17.6 Å². The van der Waals surface area contributed by atoms with Crippen molar-refractivity contribution in [1.82, 2.24) is 5.16 Å². The highest BCUT2D eigenvalue weighted by molar-refractivity contribution is 7.98. The number of anilines is 1. The summed E-state index contributed by atoms with van der Waals surface area (Å²) >= 11 is 1.54. The van der Waals surface area contributed by atoms with Crippen LogP contribution in [-0.2, 0) is 0 Å². The van der Waals surface area contributed by atoms with Gasteiger partial charge in [0, 0.05) is 16.5 Å². The number of nitrogens with two attached hydrogens (primary N) is 1. The average Bonchev–Trinajstić information content (AvgIpc) is 2.65. The highest BCUT2D eigenvalue weighted by atomic mass is 32.2. The molecule has 1 aromatic heterocycles. The molecule has 0 bridgehead atoms. The Balaban J connectivity index is 2.51. The van der Waals surface area contributed by atoms with E-state index < -0.39 is 0 Å². The molecule has 0 saturated heterocycles. The summed E-state index contributed by atoms with van der Waals surface area (Å²) in [4.78, 5) is 0.966. The summed E-state index contributed by atoms with van der Waals surface area (Å²) in [5.41, 5.74) is 6.20. The smallest absolute Gasteiger partial charge is 0.222 e. The number of rotatable bonds is 2. The first-order chi connectivity index (χ1) is 7.20. The van der Waals surface area contributed by atoms with E-state index in [4.69, 9.17) is 10.3 Å². The Kier molecular flexibility index (Phi) is 2.64. The van der Waals surface area contributed by atoms with Gasteiger partial charge in [0.2, 0.25) is 5.88 Å². The predicted octanol–water partition coefficient (Wildman–Crippen LogP) is 2.78. The molecule has 2 aromatic rings. The number of benzene rings is 1. The molecule has 1 aromatic carbocycles. The molecule has 0 saturated carbocycles. The zero-order valence-corrected chi connectivity index (χ0v) is 8.84. The molecule has 0 aliphatic carbocycles. The Hall–Kier alpha value is -1.49.